The normalized spacial score (nSPS) is 10.8. The van der Waals surface area contributed by atoms with Crippen LogP contribution in [0.5, 0.6) is 0 Å². The van der Waals surface area contributed by atoms with E-state index in [1.54, 1.807) is 10.6 Å². The molecule has 0 aliphatic heterocycles. The van der Waals surface area contributed by atoms with E-state index in [-0.39, 0.29) is 11.7 Å². The van der Waals surface area contributed by atoms with Gasteiger partial charge in [-0.3, -0.25) is 4.79 Å². The van der Waals surface area contributed by atoms with Gasteiger partial charge in [0.05, 0.1) is 17.9 Å². The van der Waals surface area contributed by atoms with E-state index in [0.717, 1.165) is 21.6 Å². The first-order valence-corrected chi connectivity index (χ1v) is 12.4. The summed E-state index contributed by atoms with van der Waals surface area (Å²) in [5.74, 6) is -0.0581. The summed E-state index contributed by atoms with van der Waals surface area (Å²) < 4.78 is 6.81. The molecule has 0 aliphatic carbocycles. The molecular weight excluding hydrogens is 492 g/mol. The Balaban J connectivity index is 1.52. The number of esters is 1. The molecule has 0 unspecified atom stereocenters. The zero-order chi connectivity index (χ0) is 24.2. The van der Waals surface area contributed by atoms with Crippen LogP contribution in [-0.4, -0.2) is 39.5 Å². The lowest BCUT2D eigenvalue weighted by atomic mass is 10.0. The lowest BCUT2D eigenvalue weighted by Crippen LogP contribution is -2.16. The van der Waals surface area contributed by atoms with Gasteiger partial charge in [-0.1, -0.05) is 65.8 Å². The number of nitrogens with zero attached hydrogens (tertiary/aromatic N) is 3. The first-order chi connectivity index (χ1) is 16.4. The van der Waals surface area contributed by atoms with E-state index in [4.69, 9.17) is 16.3 Å². The van der Waals surface area contributed by atoms with Crippen molar-refractivity contribution in [3.8, 4) is 22.5 Å². The lowest BCUT2D eigenvalue weighted by Gasteiger charge is -2.08. The van der Waals surface area contributed by atoms with E-state index in [9.17, 15) is 9.59 Å². The molecule has 174 valence electrons. The molecule has 2 aromatic carbocycles. The van der Waals surface area contributed by atoms with Gasteiger partial charge >= 0.3 is 5.97 Å². The van der Waals surface area contributed by atoms with Crippen molar-refractivity contribution in [2.45, 2.75) is 12.1 Å². The Labute approximate surface area is 210 Å². The van der Waals surface area contributed by atoms with E-state index in [2.05, 4.69) is 15.5 Å². The molecule has 0 radical (unpaired) electrons. The Morgan fingerprint density at radius 3 is 2.53 bits per heavy atom. The summed E-state index contributed by atoms with van der Waals surface area (Å²) in [6.07, 6.45) is 0. The van der Waals surface area contributed by atoms with Crippen molar-refractivity contribution < 1.29 is 14.3 Å². The minimum Gasteiger partial charge on any atom is -0.465 e. The van der Waals surface area contributed by atoms with Gasteiger partial charge in [-0.05, 0) is 24.6 Å². The highest BCUT2D eigenvalue weighted by Gasteiger charge is 2.25. The fraction of sp³-hybridized carbons (Fsp3) is 0.167. The van der Waals surface area contributed by atoms with Crippen LogP contribution >= 0.6 is 34.7 Å². The van der Waals surface area contributed by atoms with Crippen LogP contribution in [0.15, 0.2) is 59.8 Å². The van der Waals surface area contributed by atoms with Crippen molar-refractivity contribution in [3.05, 3.63) is 70.1 Å². The third kappa shape index (κ3) is 4.86. The molecule has 0 bridgehead atoms. The number of hydrogen-bond acceptors (Lipinski definition) is 7. The average molecular weight is 513 g/mol. The summed E-state index contributed by atoms with van der Waals surface area (Å²) in [6, 6.07) is 16.9. The quantitative estimate of drug-likeness (QED) is 0.253. The molecule has 10 heteroatoms. The maximum Gasteiger partial charge on any atom is 0.341 e. The smallest absolute Gasteiger partial charge is 0.341 e. The van der Waals surface area contributed by atoms with E-state index in [1.165, 1.54) is 30.2 Å². The SMILES string of the molecule is COC(=O)c1c(NC(=O)CSc2nnc(-c3ccccc3Cl)n2C)sc(C)c1-c1ccccc1. The Hall–Kier alpha value is -3.14. The van der Waals surface area contributed by atoms with E-state index >= 15 is 0 Å². The summed E-state index contributed by atoms with van der Waals surface area (Å²) in [5, 5.41) is 12.9. The average Bonchev–Trinajstić information content (AvgIpc) is 3.36. The largest absolute Gasteiger partial charge is 0.465 e. The van der Waals surface area contributed by atoms with Gasteiger partial charge in [0.1, 0.15) is 10.6 Å². The molecular formula is C24H21ClN4O3S2. The number of ether oxygens (including phenoxy) is 1. The number of amides is 1. The van der Waals surface area contributed by atoms with E-state index < -0.39 is 5.97 Å². The summed E-state index contributed by atoms with van der Waals surface area (Å²) in [5.41, 5.74) is 2.77. The third-order valence-corrected chi connectivity index (χ3v) is 7.44. The molecule has 4 rings (SSSR count). The summed E-state index contributed by atoms with van der Waals surface area (Å²) in [7, 11) is 3.15. The summed E-state index contributed by atoms with van der Waals surface area (Å²) in [6.45, 7) is 1.92. The maximum atomic E-state index is 12.8. The number of aromatic nitrogens is 3. The molecule has 4 aromatic rings. The number of methoxy groups -OCH3 is 1. The maximum absolute atomic E-state index is 12.8. The second kappa shape index (κ2) is 10.4. The Morgan fingerprint density at radius 2 is 1.82 bits per heavy atom. The molecule has 7 nitrogen and oxygen atoms in total. The standard InChI is InChI=1S/C24H21ClN4O3S2/c1-14-19(15-9-5-4-6-10-15)20(23(31)32-3)22(34-14)26-18(30)13-33-24-28-27-21(29(24)2)16-11-7-8-12-17(16)25/h4-12H,13H2,1-3H3,(H,26,30). The zero-order valence-corrected chi connectivity index (χ0v) is 21.1. The number of carbonyl (C=O) groups excluding carboxylic acids is 2. The number of benzene rings is 2. The monoisotopic (exact) mass is 512 g/mol. The number of nitrogens with one attached hydrogen (secondary N) is 1. The minimum atomic E-state index is -0.496. The third-order valence-electron chi connectivity index (χ3n) is 5.07. The molecule has 1 amide bonds. The van der Waals surface area contributed by atoms with Gasteiger partial charge in [0.25, 0.3) is 0 Å². The van der Waals surface area contributed by atoms with Crippen LogP contribution in [0.2, 0.25) is 5.02 Å². The molecule has 34 heavy (non-hydrogen) atoms. The minimum absolute atomic E-state index is 0.0900. The molecule has 2 aromatic heterocycles. The second-order valence-electron chi connectivity index (χ2n) is 7.28. The Morgan fingerprint density at radius 1 is 1.12 bits per heavy atom. The second-order valence-corrected chi connectivity index (χ2v) is 9.85. The highest BCUT2D eigenvalue weighted by atomic mass is 35.5. The molecule has 0 spiro atoms. The van der Waals surface area contributed by atoms with Gasteiger partial charge < -0.3 is 14.6 Å². The number of anilines is 1. The fourth-order valence-electron chi connectivity index (χ4n) is 3.49. The van der Waals surface area contributed by atoms with Crippen molar-refractivity contribution in [2.75, 3.05) is 18.2 Å². The first-order valence-electron chi connectivity index (χ1n) is 10.2. The number of aryl methyl sites for hydroxylation is 1. The van der Waals surface area contributed by atoms with Crippen molar-refractivity contribution in [2.24, 2.45) is 7.05 Å². The van der Waals surface area contributed by atoms with Gasteiger partial charge in [0.2, 0.25) is 5.91 Å². The first kappa shape index (κ1) is 24.0. The number of thiophene rings is 1. The summed E-state index contributed by atoms with van der Waals surface area (Å²) in [4.78, 5) is 26.3. The number of hydrogen-bond donors (Lipinski definition) is 1. The number of rotatable bonds is 7. The predicted molar refractivity (Wildman–Crippen MR) is 137 cm³/mol. The highest BCUT2D eigenvalue weighted by Crippen LogP contribution is 2.40. The van der Waals surface area contributed by atoms with Crippen LogP contribution in [0.1, 0.15) is 15.2 Å². The molecule has 0 fully saturated rings. The molecule has 0 saturated heterocycles. The fourth-order valence-corrected chi connectivity index (χ4v) is 5.50. The molecule has 0 aliphatic rings. The number of carbonyl (C=O) groups is 2. The van der Waals surface area contributed by atoms with Crippen molar-refractivity contribution in [1.82, 2.24) is 14.8 Å². The van der Waals surface area contributed by atoms with Crippen molar-refractivity contribution in [3.63, 3.8) is 0 Å². The van der Waals surface area contributed by atoms with Crippen LogP contribution < -0.4 is 5.32 Å². The van der Waals surface area contributed by atoms with E-state index in [0.29, 0.717) is 26.6 Å². The van der Waals surface area contributed by atoms with Crippen LogP contribution in [0.25, 0.3) is 22.5 Å². The topological polar surface area (TPSA) is 86.1 Å². The van der Waals surface area contributed by atoms with Gasteiger partial charge in [-0.25, -0.2) is 4.79 Å². The van der Waals surface area contributed by atoms with Gasteiger partial charge in [-0.2, -0.15) is 0 Å². The summed E-state index contributed by atoms with van der Waals surface area (Å²) >= 11 is 8.87. The van der Waals surface area contributed by atoms with Gasteiger partial charge in [0, 0.05) is 23.1 Å². The van der Waals surface area contributed by atoms with Gasteiger partial charge in [0.15, 0.2) is 11.0 Å². The van der Waals surface area contributed by atoms with Crippen LogP contribution in [-0.2, 0) is 16.6 Å². The van der Waals surface area contributed by atoms with Crippen molar-refractivity contribution >= 4 is 51.6 Å². The van der Waals surface area contributed by atoms with Gasteiger partial charge in [-0.15, -0.1) is 21.5 Å². The Kier molecular flexibility index (Phi) is 7.35. The van der Waals surface area contributed by atoms with Crippen LogP contribution in [0, 0.1) is 6.92 Å². The predicted octanol–water partition coefficient (Wildman–Crippen LogP) is 5.69. The zero-order valence-electron chi connectivity index (χ0n) is 18.7. The molecule has 0 saturated carbocycles. The van der Waals surface area contributed by atoms with Crippen molar-refractivity contribution in [1.29, 1.82) is 0 Å². The highest BCUT2D eigenvalue weighted by molar-refractivity contribution is 7.99. The van der Waals surface area contributed by atoms with E-state index in [1.807, 2.05) is 62.5 Å². The Bertz CT molecular complexity index is 1350. The number of thioether (sulfide) groups is 1. The number of halogens is 1. The lowest BCUT2D eigenvalue weighted by molar-refractivity contribution is -0.113. The molecule has 0 atom stereocenters. The molecule has 2 heterocycles. The van der Waals surface area contributed by atoms with Crippen LogP contribution in [0.4, 0.5) is 5.00 Å². The van der Waals surface area contributed by atoms with Crippen LogP contribution in [0.3, 0.4) is 0 Å². The molecule has 1 N–H and O–H groups in total.